The van der Waals surface area contributed by atoms with Crippen molar-refractivity contribution in [2.75, 3.05) is 13.1 Å². The van der Waals surface area contributed by atoms with Crippen LogP contribution in [0.2, 0.25) is 0 Å². The molecule has 0 saturated carbocycles. The molecule has 1 heterocycles. The Balaban J connectivity index is 1.91. The standard InChI is InChI=1S/C18H26N2S/c1-4-20(13-17-6-5-9-21-17)8-7-18(19)16-11-14(2)10-15(3)12-16/h5-6,9-12,18H,4,7-8,13,19H2,1-3H3. The lowest BCUT2D eigenvalue weighted by Gasteiger charge is -2.22. The molecular formula is C18H26N2S. The molecule has 2 rings (SSSR count). The van der Waals surface area contributed by atoms with E-state index in [0.29, 0.717) is 0 Å². The van der Waals surface area contributed by atoms with Crippen LogP contribution in [0.4, 0.5) is 0 Å². The number of benzene rings is 1. The molecule has 1 aromatic heterocycles. The van der Waals surface area contributed by atoms with E-state index in [1.807, 2.05) is 11.3 Å². The summed E-state index contributed by atoms with van der Waals surface area (Å²) in [6, 6.07) is 11.1. The zero-order chi connectivity index (χ0) is 15.2. The van der Waals surface area contributed by atoms with Crippen molar-refractivity contribution in [3.63, 3.8) is 0 Å². The summed E-state index contributed by atoms with van der Waals surface area (Å²) >= 11 is 1.83. The maximum atomic E-state index is 6.39. The van der Waals surface area contributed by atoms with Gasteiger partial charge in [0.25, 0.3) is 0 Å². The van der Waals surface area contributed by atoms with Gasteiger partial charge in [-0.15, -0.1) is 11.3 Å². The lowest BCUT2D eigenvalue weighted by Crippen LogP contribution is -2.26. The Kier molecular flexibility index (Phi) is 5.97. The Morgan fingerprint density at radius 3 is 2.48 bits per heavy atom. The predicted molar refractivity (Wildman–Crippen MR) is 92.7 cm³/mol. The van der Waals surface area contributed by atoms with Crippen molar-refractivity contribution in [3.05, 3.63) is 57.3 Å². The van der Waals surface area contributed by atoms with E-state index in [1.54, 1.807) is 0 Å². The fourth-order valence-corrected chi connectivity index (χ4v) is 3.43. The van der Waals surface area contributed by atoms with Gasteiger partial charge in [-0.25, -0.2) is 0 Å². The summed E-state index contributed by atoms with van der Waals surface area (Å²) in [6.45, 7) is 9.64. The van der Waals surface area contributed by atoms with E-state index in [1.165, 1.54) is 21.6 Å². The van der Waals surface area contributed by atoms with Crippen molar-refractivity contribution in [1.29, 1.82) is 0 Å². The van der Waals surface area contributed by atoms with Gasteiger partial charge in [-0.1, -0.05) is 42.3 Å². The third-order valence-corrected chi connectivity index (χ3v) is 4.70. The molecule has 0 bridgehead atoms. The molecule has 0 aliphatic carbocycles. The third-order valence-electron chi connectivity index (χ3n) is 3.84. The second-order valence-corrected chi connectivity index (χ2v) is 6.80. The molecule has 2 nitrogen and oxygen atoms in total. The molecule has 2 N–H and O–H groups in total. The van der Waals surface area contributed by atoms with E-state index in [2.05, 4.69) is 61.4 Å². The van der Waals surface area contributed by atoms with Crippen LogP contribution in [0, 0.1) is 13.8 Å². The summed E-state index contributed by atoms with van der Waals surface area (Å²) in [5.74, 6) is 0. The summed E-state index contributed by atoms with van der Waals surface area (Å²) in [5, 5.41) is 2.14. The van der Waals surface area contributed by atoms with Crippen LogP contribution < -0.4 is 5.73 Å². The zero-order valence-corrected chi connectivity index (χ0v) is 14.1. The van der Waals surface area contributed by atoms with Gasteiger partial charge in [0.2, 0.25) is 0 Å². The smallest absolute Gasteiger partial charge is 0.0327 e. The summed E-state index contributed by atoms with van der Waals surface area (Å²) in [4.78, 5) is 3.89. The van der Waals surface area contributed by atoms with Crippen LogP contribution >= 0.6 is 11.3 Å². The fourth-order valence-electron chi connectivity index (χ4n) is 2.68. The molecule has 2 aromatic rings. The SMILES string of the molecule is CCN(CCC(N)c1cc(C)cc(C)c1)Cc1cccs1. The van der Waals surface area contributed by atoms with Gasteiger partial charge in [0, 0.05) is 24.0 Å². The summed E-state index contributed by atoms with van der Waals surface area (Å²) in [5.41, 5.74) is 10.2. The average molecular weight is 302 g/mol. The van der Waals surface area contributed by atoms with E-state index < -0.39 is 0 Å². The van der Waals surface area contributed by atoms with Crippen LogP contribution in [0.15, 0.2) is 35.7 Å². The number of hydrogen-bond donors (Lipinski definition) is 1. The van der Waals surface area contributed by atoms with Gasteiger partial charge in [0.15, 0.2) is 0 Å². The second-order valence-electron chi connectivity index (χ2n) is 5.76. The van der Waals surface area contributed by atoms with Crippen molar-refractivity contribution in [1.82, 2.24) is 4.90 Å². The molecule has 0 spiro atoms. The summed E-state index contributed by atoms with van der Waals surface area (Å²) < 4.78 is 0. The number of thiophene rings is 1. The maximum absolute atomic E-state index is 6.39. The quantitative estimate of drug-likeness (QED) is 0.827. The highest BCUT2D eigenvalue weighted by Gasteiger charge is 2.10. The van der Waals surface area contributed by atoms with Gasteiger partial charge < -0.3 is 5.73 Å². The van der Waals surface area contributed by atoms with Crippen LogP contribution in [0.25, 0.3) is 0 Å². The number of aryl methyl sites for hydroxylation is 2. The first-order valence-corrected chi connectivity index (χ1v) is 8.55. The minimum absolute atomic E-state index is 0.126. The summed E-state index contributed by atoms with van der Waals surface area (Å²) in [6.07, 6.45) is 1.00. The van der Waals surface area contributed by atoms with Crippen LogP contribution in [0.1, 0.15) is 41.0 Å². The molecule has 21 heavy (non-hydrogen) atoms. The highest BCUT2D eigenvalue weighted by Crippen LogP contribution is 2.19. The van der Waals surface area contributed by atoms with Crippen LogP contribution in [0.3, 0.4) is 0 Å². The van der Waals surface area contributed by atoms with Crippen LogP contribution in [-0.4, -0.2) is 18.0 Å². The minimum Gasteiger partial charge on any atom is -0.324 e. The molecular weight excluding hydrogens is 276 g/mol. The lowest BCUT2D eigenvalue weighted by atomic mass is 9.99. The number of hydrogen-bond acceptors (Lipinski definition) is 3. The zero-order valence-electron chi connectivity index (χ0n) is 13.3. The second kappa shape index (κ2) is 7.74. The molecule has 0 amide bonds. The molecule has 1 unspecified atom stereocenters. The largest absolute Gasteiger partial charge is 0.324 e. The molecule has 0 fully saturated rings. The monoisotopic (exact) mass is 302 g/mol. The van der Waals surface area contributed by atoms with Gasteiger partial charge in [-0.05, 0) is 43.8 Å². The van der Waals surface area contributed by atoms with Gasteiger partial charge in [-0.3, -0.25) is 4.90 Å². The van der Waals surface area contributed by atoms with E-state index in [9.17, 15) is 0 Å². The average Bonchev–Trinajstić information content (AvgIpc) is 2.94. The Hall–Kier alpha value is -1.16. The molecule has 114 valence electrons. The Labute approximate surface area is 132 Å². The Bertz CT molecular complexity index is 528. The normalized spacial score (nSPS) is 12.8. The number of rotatable bonds is 7. The molecule has 0 saturated heterocycles. The first-order valence-electron chi connectivity index (χ1n) is 7.67. The minimum atomic E-state index is 0.126. The molecule has 0 radical (unpaired) electrons. The Morgan fingerprint density at radius 2 is 1.90 bits per heavy atom. The predicted octanol–water partition coefficient (Wildman–Crippen LogP) is 4.28. The first-order chi connectivity index (χ1) is 10.1. The van der Waals surface area contributed by atoms with E-state index in [0.717, 1.165) is 26.1 Å². The van der Waals surface area contributed by atoms with Crippen LogP contribution in [0.5, 0.6) is 0 Å². The number of nitrogens with zero attached hydrogens (tertiary/aromatic N) is 1. The maximum Gasteiger partial charge on any atom is 0.0327 e. The van der Waals surface area contributed by atoms with Crippen molar-refractivity contribution in [2.24, 2.45) is 5.73 Å². The van der Waals surface area contributed by atoms with Crippen LogP contribution in [-0.2, 0) is 6.54 Å². The Morgan fingerprint density at radius 1 is 1.19 bits per heavy atom. The highest BCUT2D eigenvalue weighted by atomic mass is 32.1. The van der Waals surface area contributed by atoms with E-state index >= 15 is 0 Å². The topological polar surface area (TPSA) is 29.3 Å². The van der Waals surface area contributed by atoms with E-state index in [4.69, 9.17) is 5.73 Å². The molecule has 1 aromatic carbocycles. The van der Waals surface area contributed by atoms with Gasteiger partial charge in [0.05, 0.1) is 0 Å². The molecule has 1 atom stereocenters. The van der Waals surface area contributed by atoms with Gasteiger partial charge in [-0.2, -0.15) is 0 Å². The van der Waals surface area contributed by atoms with Gasteiger partial charge in [0.1, 0.15) is 0 Å². The fraction of sp³-hybridized carbons (Fsp3) is 0.444. The van der Waals surface area contributed by atoms with E-state index in [-0.39, 0.29) is 6.04 Å². The van der Waals surface area contributed by atoms with Crippen molar-refractivity contribution in [3.8, 4) is 0 Å². The highest BCUT2D eigenvalue weighted by molar-refractivity contribution is 7.09. The van der Waals surface area contributed by atoms with Crippen molar-refractivity contribution in [2.45, 2.75) is 39.8 Å². The molecule has 0 aliphatic rings. The third kappa shape index (κ3) is 4.95. The number of nitrogens with two attached hydrogens (primary N) is 1. The summed E-state index contributed by atoms with van der Waals surface area (Å²) in [7, 11) is 0. The molecule has 3 heteroatoms. The van der Waals surface area contributed by atoms with Crippen molar-refractivity contribution >= 4 is 11.3 Å². The van der Waals surface area contributed by atoms with Gasteiger partial charge >= 0.3 is 0 Å². The van der Waals surface area contributed by atoms with Crippen molar-refractivity contribution < 1.29 is 0 Å². The molecule has 0 aliphatic heterocycles. The lowest BCUT2D eigenvalue weighted by molar-refractivity contribution is 0.270. The first kappa shape index (κ1) is 16.2.